The van der Waals surface area contributed by atoms with Crippen molar-refractivity contribution < 1.29 is 4.39 Å². The summed E-state index contributed by atoms with van der Waals surface area (Å²) in [6.07, 6.45) is 6.03. The smallest absolute Gasteiger partial charge is 0.158 e. The van der Waals surface area contributed by atoms with Gasteiger partial charge in [0.15, 0.2) is 5.15 Å². The Balaban J connectivity index is 1.96. The van der Waals surface area contributed by atoms with Gasteiger partial charge in [0.05, 0.1) is 9.99 Å². The molecule has 1 aliphatic heterocycles. The number of piperidine rings is 1. The molecule has 1 fully saturated rings. The van der Waals surface area contributed by atoms with E-state index in [1.165, 1.54) is 0 Å². The zero-order chi connectivity index (χ0) is 16.0. The van der Waals surface area contributed by atoms with E-state index in [1.54, 1.807) is 12.3 Å². The second-order valence-electron chi connectivity index (χ2n) is 5.82. The Morgan fingerprint density at radius 1 is 1.35 bits per heavy atom. The molecule has 1 atom stereocenters. The summed E-state index contributed by atoms with van der Waals surface area (Å²) >= 11 is 9.48. The minimum atomic E-state index is -0.259. The van der Waals surface area contributed by atoms with Crippen LogP contribution in [0.25, 0.3) is 22.0 Å². The molecule has 4 rings (SSSR count). The van der Waals surface area contributed by atoms with Gasteiger partial charge < -0.3 is 9.88 Å². The summed E-state index contributed by atoms with van der Waals surface area (Å²) in [4.78, 5) is 0. The van der Waals surface area contributed by atoms with Gasteiger partial charge in [-0.15, -0.1) is 0 Å². The highest BCUT2D eigenvalue weighted by Gasteiger charge is 2.22. The summed E-state index contributed by atoms with van der Waals surface area (Å²) in [5.41, 5.74) is 2.68. The lowest BCUT2D eigenvalue weighted by Crippen LogP contribution is -2.31. The van der Waals surface area contributed by atoms with Crippen molar-refractivity contribution in [2.75, 3.05) is 13.1 Å². The molecule has 2 aromatic heterocycles. The first-order valence-corrected chi connectivity index (χ1v) is 8.72. The number of aromatic nitrogens is 3. The van der Waals surface area contributed by atoms with Crippen molar-refractivity contribution in [3.8, 4) is 11.1 Å². The Morgan fingerprint density at radius 3 is 2.91 bits per heavy atom. The van der Waals surface area contributed by atoms with Crippen molar-refractivity contribution in [1.29, 1.82) is 0 Å². The maximum absolute atomic E-state index is 14.1. The second kappa shape index (κ2) is 5.92. The van der Waals surface area contributed by atoms with Crippen molar-refractivity contribution in [2.24, 2.45) is 0 Å². The number of benzene rings is 1. The number of hydrogen-bond acceptors (Lipinski definition) is 2. The molecule has 1 aromatic carbocycles. The fraction of sp³-hybridized carbons (Fsp3) is 0.312. The second-order valence-corrected chi connectivity index (χ2v) is 7.04. The normalized spacial score (nSPS) is 18.7. The van der Waals surface area contributed by atoms with Gasteiger partial charge in [-0.25, -0.2) is 4.39 Å². The Kier molecular flexibility index (Phi) is 3.91. The zero-order valence-corrected chi connectivity index (χ0v) is 14.6. The first kappa shape index (κ1) is 15.2. The van der Waals surface area contributed by atoms with Crippen LogP contribution < -0.4 is 5.32 Å². The molecule has 23 heavy (non-hydrogen) atoms. The third kappa shape index (κ3) is 2.58. The molecule has 0 saturated carbocycles. The maximum Gasteiger partial charge on any atom is 0.158 e. The predicted octanol–water partition coefficient (Wildman–Crippen LogP) is 4.51. The van der Waals surface area contributed by atoms with Crippen molar-refractivity contribution in [3.05, 3.63) is 40.0 Å². The lowest BCUT2D eigenvalue weighted by atomic mass is 10.1. The predicted molar refractivity (Wildman–Crippen MR) is 93.3 cm³/mol. The molecule has 0 radical (unpaired) electrons. The van der Waals surface area contributed by atoms with E-state index in [4.69, 9.17) is 11.6 Å². The van der Waals surface area contributed by atoms with Gasteiger partial charge >= 0.3 is 0 Å². The molecule has 0 spiro atoms. The minimum absolute atomic E-state index is 0.259. The number of H-pyrrole nitrogens is 1. The summed E-state index contributed by atoms with van der Waals surface area (Å²) in [6, 6.07) is 3.72. The molecule has 7 heteroatoms. The minimum Gasteiger partial charge on any atom is -0.342 e. The number of nitrogens with zero attached hydrogens (tertiary/aromatic N) is 2. The van der Waals surface area contributed by atoms with Crippen LogP contribution in [0.1, 0.15) is 18.9 Å². The number of rotatable bonds is 2. The topological polar surface area (TPSA) is 45.6 Å². The molecule has 1 unspecified atom stereocenters. The monoisotopic (exact) mass is 396 g/mol. The van der Waals surface area contributed by atoms with Crippen LogP contribution in [0.3, 0.4) is 0 Å². The van der Waals surface area contributed by atoms with Crippen molar-refractivity contribution >= 4 is 38.4 Å². The van der Waals surface area contributed by atoms with Crippen LogP contribution in [0.15, 0.2) is 29.0 Å². The van der Waals surface area contributed by atoms with E-state index in [1.807, 2.05) is 6.07 Å². The molecule has 0 amide bonds. The van der Waals surface area contributed by atoms with Crippen molar-refractivity contribution in [1.82, 2.24) is 20.1 Å². The molecule has 0 bridgehead atoms. The zero-order valence-electron chi connectivity index (χ0n) is 12.2. The first-order chi connectivity index (χ1) is 11.1. The van der Waals surface area contributed by atoms with Crippen LogP contribution >= 0.6 is 27.5 Å². The van der Waals surface area contributed by atoms with Crippen molar-refractivity contribution in [3.63, 3.8) is 0 Å². The molecular formula is C16H15BrClFN4. The Morgan fingerprint density at radius 2 is 2.22 bits per heavy atom. The van der Waals surface area contributed by atoms with Gasteiger partial charge in [-0.1, -0.05) is 11.6 Å². The summed E-state index contributed by atoms with van der Waals surface area (Å²) in [7, 11) is 0. The Hall–Kier alpha value is -1.37. The van der Waals surface area contributed by atoms with Crippen molar-refractivity contribution in [2.45, 2.75) is 18.9 Å². The van der Waals surface area contributed by atoms with E-state index in [-0.39, 0.29) is 5.82 Å². The third-order valence-corrected chi connectivity index (χ3v) is 5.32. The van der Waals surface area contributed by atoms with Crippen LogP contribution in [-0.4, -0.2) is 27.9 Å². The van der Waals surface area contributed by atoms with Gasteiger partial charge in [0.25, 0.3) is 0 Å². The van der Waals surface area contributed by atoms with E-state index in [9.17, 15) is 4.39 Å². The SMILES string of the molecule is Fc1cc2c(cc1Br)c(-c1c[nH]nc1Cl)cn2C1CCCNC1. The van der Waals surface area contributed by atoms with Gasteiger partial charge in [0, 0.05) is 41.5 Å². The highest BCUT2D eigenvalue weighted by molar-refractivity contribution is 9.10. The van der Waals surface area contributed by atoms with Crippen LogP contribution in [0.4, 0.5) is 4.39 Å². The van der Waals surface area contributed by atoms with Crippen LogP contribution in [-0.2, 0) is 0 Å². The van der Waals surface area contributed by atoms with E-state index in [2.05, 4.69) is 42.2 Å². The summed E-state index contributed by atoms with van der Waals surface area (Å²) in [5.74, 6) is -0.259. The number of nitrogens with one attached hydrogen (secondary N) is 2. The van der Waals surface area contributed by atoms with Crippen LogP contribution in [0.2, 0.25) is 5.15 Å². The largest absolute Gasteiger partial charge is 0.342 e. The van der Waals surface area contributed by atoms with E-state index in [0.29, 0.717) is 15.7 Å². The van der Waals surface area contributed by atoms with Gasteiger partial charge in [-0.2, -0.15) is 5.10 Å². The number of fused-ring (bicyclic) bond motifs is 1. The molecule has 0 aliphatic carbocycles. The van der Waals surface area contributed by atoms with E-state index >= 15 is 0 Å². The molecule has 1 saturated heterocycles. The number of halogens is 3. The third-order valence-electron chi connectivity index (χ3n) is 4.42. The first-order valence-electron chi connectivity index (χ1n) is 7.55. The van der Waals surface area contributed by atoms with Gasteiger partial charge in [0.2, 0.25) is 0 Å². The molecule has 120 valence electrons. The number of aromatic amines is 1. The van der Waals surface area contributed by atoms with Gasteiger partial charge in [0.1, 0.15) is 5.82 Å². The quantitative estimate of drug-likeness (QED) is 0.668. The molecule has 3 aromatic rings. The Labute approximate surface area is 146 Å². The van der Waals surface area contributed by atoms with E-state index < -0.39 is 0 Å². The van der Waals surface area contributed by atoms with Crippen LogP contribution in [0, 0.1) is 5.82 Å². The maximum atomic E-state index is 14.1. The highest BCUT2D eigenvalue weighted by Crippen LogP contribution is 2.38. The molecule has 3 heterocycles. The van der Waals surface area contributed by atoms with Crippen LogP contribution in [0.5, 0.6) is 0 Å². The lowest BCUT2D eigenvalue weighted by Gasteiger charge is -2.25. The van der Waals surface area contributed by atoms with E-state index in [0.717, 1.165) is 48.0 Å². The van der Waals surface area contributed by atoms with Gasteiger partial charge in [-0.3, -0.25) is 5.10 Å². The fourth-order valence-corrected chi connectivity index (χ4v) is 3.84. The summed E-state index contributed by atoms with van der Waals surface area (Å²) < 4.78 is 16.7. The fourth-order valence-electron chi connectivity index (χ4n) is 3.29. The summed E-state index contributed by atoms with van der Waals surface area (Å²) in [6.45, 7) is 1.93. The average molecular weight is 398 g/mol. The lowest BCUT2D eigenvalue weighted by molar-refractivity contribution is 0.379. The molecule has 2 N–H and O–H groups in total. The highest BCUT2D eigenvalue weighted by atomic mass is 79.9. The molecule has 1 aliphatic rings. The Bertz CT molecular complexity index is 866. The summed E-state index contributed by atoms with van der Waals surface area (Å²) in [5, 5.41) is 11.6. The number of hydrogen-bond donors (Lipinski definition) is 2. The average Bonchev–Trinajstić information content (AvgIpc) is 3.12. The van der Waals surface area contributed by atoms with Gasteiger partial charge in [-0.05, 0) is 47.4 Å². The molecule has 4 nitrogen and oxygen atoms in total. The molecular weight excluding hydrogens is 383 g/mol. The standard InChI is InChI=1S/C16H15BrClFN4/c17-13-4-10-12(11-7-21-22-16(11)18)8-23(15(10)5-14(13)19)9-2-1-3-20-6-9/h4-5,7-9,20H,1-3,6H2,(H,21,22).